The molecule has 1 N–H and O–H groups in total. The second-order valence-electron chi connectivity index (χ2n) is 4.99. The Kier molecular flexibility index (Phi) is 2.83. The van der Waals surface area contributed by atoms with Gasteiger partial charge in [0.15, 0.2) is 5.82 Å². The van der Waals surface area contributed by atoms with Crippen molar-refractivity contribution in [2.24, 2.45) is 0 Å². The maximum atomic E-state index is 4.25. The fraction of sp³-hybridized carbons (Fsp3) is 0.462. The molecule has 5 nitrogen and oxygen atoms in total. The van der Waals surface area contributed by atoms with Crippen LogP contribution in [0.5, 0.6) is 0 Å². The van der Waals surface area contributed by atoms with Crippen LogP contribution >= 0.6 is 0 Å². The van der Waals surface area contributed by atoms with Crippen LogP contribution in [0.1, 0.15) is 24.2 Å². The van der Waals surface area contributed by atoms with E-state index in [2.05, 4.69) is 56.8 Å². The molecule has 0 bridgehead atoms. The van der Waals surface area contributed by atoms with E-state index in [1.54, 1.807) is 0 Å². The molecule has 2 heterocycles. The van der Waals surface area contributed by atoms with E-state index in [0.717, 1.165) is 31.8 Å². The Bertz CT molecular complexity index is 485. The molecule has 0 amide bonds. The van der Waals surface area contributed by atoms with Crippen LogP contribution in [0.3, 0.4) is 0 Å². The lowest BCUT2D eigenvalue weighted by Crippen LogP contribution is -2.42. The predicted octanol–water partition coefficient (Wildman–Crippen LogP) is 1.21. The second kappa shape index (κ2) is 4.49. The van der Waals surface area contributed by atoms with Crippen LogP contribution in [0.25, 0.3) is 0 Å². The highest BCUT2D eigenvalue weighted by atomic mass is 15.5. The molecule has 0 radical (unpaired) electrons. The summed E-state index contributed by atoms with van der Waals surface area (Å²) in [6.45, 7) is 2.12. The van der Waals surface area contributed by atoms with E-state index in [0.29, 0.717) is 0 Å². The number of likely N-dealkylation sites (tertiary alicyclic amines) is 1. The molecule has 1 aromatic carbocycles. The average Bonchev–Trinajstić information content (AvgIpc) is 2.95. The number of aromatic amines is 1. The third kappa shape index (κ3) is 1.80. The summed E-state index contributed by atoms with van der Waals surface area (Å²) < 4.78 is 0. The third-order valence-corrected chi connectivity index (χ3v) is 3.94. The molecule has 1 aliphatic rings. The fourth-order valence-electron chi connectivity index (χ4n) is 2.76. The van der Waals surface area contributed by atoms with Gasteiger partial charge in [-0.1, -0.05) is 35.5 Å². The van der Waals surface area contributed by atoms with Crippen LogP contribution in [0.15, 0.2) is 30.3 Å². The largest absolute Gasteiger partial charge is 0.306 e. The molecule has 5 heteroatoms. The van der Waals surface area contributed by atoms with E-state index in [9.17, 15) is 0 Å². The molecular formula is C13H17N5. The smallest absolute Gasteiger partial charge is 0.185 e. The van der Waals surface area contributed by atoms with E-state index in [4.69, 9.17) is 0 Å². The molecule has 1 fully saturated rings. The van der Waals surface area contributed by atoms with Gasteiger partial charge in [0, 0.05) is 0 Å². The summed E-state index contributed by atoms with van der Waals surface area (Å²) in [4.78, 5) is 2.35. The maximum Gasteiger partial charge on any atom is 0.185 e. The van der Waals surface area contributed by atoms with E-state index in [1.807, 2.05) is 6.07 Å². The minimum Gasteiger partial charge on any atom is -0.306 e. The van der Waals surface area contributed by atoms with Crippen molar-refractivity contribution in [2.45, 2.75) is 18.3 Å². The first-order valence-corrected chi connectivity index (χ1v) is 6.29. The lowest BCUT2D eigenvalue weighted by Gasteiger charge is -2.38. The SMILES string of the molecule is CN1CCC(c2ccccc2)(c2nn[nH]n2)CC1. The lowest BCUT2D eigenvalue weighted by molar-refractivity contribution is 0.207. The molecule has 2 aromatic rings. The molecule has 18 heavy (non-hydrogen) atoms. The van der Waals surface area contributed by atoms with Crippen LogP contribution in [0.4, 0.5) is 0 Å². The van der Waals surface area contributed by atoms with Gasteiger partial charge in [-0.05, 0) is 38.5 Å². The molecule has 0 spiro atoms. The summed E-state index contributed by atoms with van der Waals surface area (Å²) in [6.07, 6.45) is 2.07. The molecule has 1 saturated heterocycles. The summed E-state index contributed by atoms with van der Waals surface area (Å²) >= 11 is 0. The monoisotopic (exact) mass is 243 g/mol. The Morgan fingerprint density at radius 3 is 2.50 bits per heavy atom. The van der Waals surface area contributed by atoms with Gasteiger partial charge < -0.3 is 4.90 Å². The molecule has 1 aliphatic heterocycles. The average molecular weight is 243 g/mol. The van der Waals surface area contributed by atoms with E-state index in [1.165, 1.54) is 5.56 Å². The topological polar surface area (TPSA) is 57.7 Å². The van der Waals surface area contributed by atoms with Crippen molar-refractivity contribution in [1.82, 2.24) is 25.5 Å². The zero-order valence-electron chi connectivity index (χ0n) is 10.5. The van der Waals surface area contributed by atoms with E-state index >= 15 is 0 Å². The van der Waals surface area contributed by atoms with Crippen LogP contribution in [-0.2, 0) is 5.41 Å². The second-order valence-corrected chi connectivity index (χ2v) is 4.99. The van der Waals surface area contributed by atoms with Crippen molar-refractivity contribution in [3.05, 3.63) is 41.7 Å². The fourth-order valence-corrected chi connectivity index (χ4v) is 2.76. The Morgan fingerprint density at radius 2 is 1.89 bits per heavy atom. The summed E-state index contributed by atoms with van der Waals surface area (Å²) in [6, 6.07) is 10.5. The van der Waals surface area contributed by atoms with Gasteiger partial charge in [-0.3, -0.25) is 0 Å². The quantitative estimate of drug-likeness (QED) is 0.861. The maximum absolute atomic E-state index is 4.25. The van der Waals surface area contributed by atoms with Crippen LogP contribution in [0, 0.1) is 0 Å². The normalized spacial score (nSPS) is 19.8. The molecule has 3 rings (SSSR count). The zero-order chi connectivity index (χ0) is 12.4. The number of H-pyrrole nitrogens is 1. The number of hydrogen-bond acceptors (Lipinski definition) is 4. The lowest BCUT2D eigenvalue weighted by atomic mass is 9.72. The van der Waals surface area contributed by atoms with Crippen molar-refractivity contribution in [1.29, 1.82) is 0 Å². The zero-order valence-corrected chi connectivity index (χ0v) is 10.5. The summed E-state index contributed by atoms with van der Waals surface area (Å²) in [5.41, 5.74) is 1.21. The molecule has 0 unspecified atom stereocenters. The minimum atomic E-state index is -0.0826. The highest BCUT2D eigenvalue weighted by molar-refractivity contribution is 5.33. The van der Waals surface area contributed by atoms with Crippen LogP contribution < -0.4 is 0 Å². The molecule has 1 aromatic heterocycles. The first-order chi connectivity index (χ1) is 8.81. The van der Waals surface area contributed by atoms with Gasteiger partial charge in [0.2, 0.25) is 0 Å². The van der Waals surface area contributed by atoms with Crippen molar-refractivity contribution in [2.75, 3.05) is 20.1 Å². The Hall–Kier alpha value is -1.75. The molecule has 94 valence electrons. The van der Waals surface area contributed by atoms with Gasteiger partial charge >= 0.3 is 0 Å². The van der Waals surface area contributed by atoms with Gasteiger partial charge in [0.1, 0.15) is 0 Å². The van der Waals surface area contributed by atoms with Crippen LogP contribution in [0.2, 0.25) is 0 Å². The molecule has 0 saturated carbocycles. The van der Waals surface area contributed by atoms with Gasteiger partial charge in [-0.15, -0.1) is 10.2 Å². The molecular weight excluding hydrogens is 226 g/mol. The molecule has 0 aliphatic carbocycles. The van der Waals surface area contributed by atoms with Gasteiger partial charge in [-0.2, -0.15) is 5.21 Å². The number of rotatable bonds is 2. The minimum absolute atomic E-state index is 0.0826. The number of tetrazole rings is 1. The Morgan fingerprint density at radius 1 is 1.17 bits per heavy atom. The number of aromatic nitrogens is 4. The van der Waals surface area contributed by atoms with Crippen LogP contribution in [-0.4, -0.2) is 45.7 Å². The summed E-state index contributed by atoms with van der Waals surface area (Å²) in [5.74, 6) is 0.821. The standard InChI is InChI=1S/C13H17N5/c1-18-9-7-13(8-10-18,12-14-16-17-15-12)11-5-3-2-4-6-11/h2-6H,7-10H2,1H3,(H,14,15,16,17). The number of nitrogens with one attached hydrogen (secondary N) is 1. The van der Waals surface area contributed by atoms with Gasteiger partial charge in [0.25, 0.3) is 0 Å². The number of piperidine rings is 1. The molecule has 0 atom stereocenters. The third-order valence-electron chi connectivity index (χ3n) is 3.94. The Balaban J connectivity index is 2.04. The van der Waals surface area contributed by atoms with Crippen molar-refractivity contribution >= 4 is 0 Å². The van der Waals surface area contributed by atoms with Crippen molar-refractivity contribution in [3.8, 4) is 0 Å². The number of benzene rings is 1. The number of nitrogens with zero attached hydrogens (tertiary/aromatic N) is 4. The van der Waals surface area contributed by atoms with Crippen molar-refractivity contribution < 1.29 is 0 Å². The number of hydrogen-bond donors (Lipinski definition) is 1. The first kappa shape index (κ1) is 11.3. The van der Waals surface area contributed by atoms with E-state index < -0.39 is 0 Å². The summed E-state index contributed by atoms with van der Waals surface area (Å²) in [5, 5.41) is 14.8. The van der Waals surface area contributed by atoms with Gasteiger partial charge in [-0.25, -0.2) is 0 Å². The highest BCUT2D eigenvalue weighted by Crippen LogP contribution is 2.39. The first-order valence-electron chi connectivity index (χ1n) is 6.29. The van der Waals surface area contributed by atoms with Crippen molar-refractivity contribution in [3.63, 3.8) is 0 Å². The van der Waals surface area contributed by atoms with Gasteiger partial charge in [0.05, 0.1) is 5.41 Å². The summed E-state index contributed by atoms with van der Waals surface area (Å²) in [7, 11) is 2.16. The predicted molar refractivity (Wildman–Crippen MR) is 68.1 cm³/mol. The Labute approximate surface area is 106 Å². The highest BCUT2D eigenvalue weighted by Gasteiger charge is 2.40. The van der Waals surface area contributed by atoms with E-state index in [-0.39, 0.29) is 5.41 Å².